The Kier molecular flexibility index (Phi) is 8.46. The summed E-state index contributed by atoms with van der Waals surface area (Å²) in [4.78, 5) is 0. The Morgan fingerprint density at radius 3 is 1.58 bits per heavy atom. The van der Waals surface area contributed by atoms with Crippen LogP contribution in [0.2, 0.25) is 0 Å². The maximum absolute atomic E-state index is 6.53. The highest BCUT2D eigenvalue weighted by atomic mass is 16.5. The topological polar surface area (TPSA) is 39.0 Å². The molecule has 5 aromatic rings. The average molecular weight is 566 g/mol. The number of allylic oxidation sites excluding steroid dienone is 3. The molecule has 4 nitrogen and oxygen atoms in total. The molecule has 0 unspecified atom stereocenters. The zero-order valence-electron chi connectivity index (χ0n) is 24.3. The molecular formula is C39H33O4+. The molecule has 0 fully saturated rings. The minimum atomic E-state index is 0.620. The lowest BCUT2D eigenvalue weighted by Gasteiger charge is -2.18. The second-order valence-corrected chi connectivity index (χ2v) is 10.0. The Morgan fingerprint density at radius 2 is 1.07 bits per heavy atom. The van der Waals surface area contributed by atoms with Gasteiger partial charge in [0.2, 0.25) is 0 Å². The van der Waals surface area contributed by atoms with E-state index in [0.717, 1.165) is 67.9 Å². The monoisotopic (exact) mass is 565 g/mol. The van der Waals surface area contributed by atoms with E-state index in [4.69, 9.17) is 18.6 Å². The molecule has 0 spiro atoms. The van der Waals surface area contributed by atoms with Crippen molar-refractivity contribution in [3.05, 3.63) is 156 Å². The number of ether oxygens (including phenoxy) is 3. The first kappa shape index (κ1) is 27.8. The Bertz CT molecular complexity index is 1640. The molecule has 2 heterocycles. The summed E-state index contributed by atoms with van der Waals surface area (Å²) in [6.45, 7) is 5.22. The van der Waals surface area contributed by atoms with Crippen LogP contribution in [0, 0.1) is 0 Å². The van der Waals surface area contributed by atoms with E-state index < -0.39 is 0 Å². The molecule has 4 aromatic carbocycles. The first-order chi connectivity index (χ1) is 21.2. The molecule has 0 atom stereocenters. The number of rotatable bonds is 9. The van der Waals surface area contributed by atoms with Crippen molar-refractivity contribution in [2.45, 2.75) is 13.8 Å². The van der Waals surface area contributed by atoms with Crippen molar-refractivity contribution >= 4 is 17.6 Å². The van der Waals surface area contributed by atoms with Gasteiger partial charge in [-0.1, -0.05) is 72.8 Å². The summed E-state index contributed by atoms with van der Waals surface area (Å²) in [5.41, 5.74) is 6.05. The van der Waals surface area contributed by atoms with Crippen molar-refractivity contribution in [1.29, 1.82) is 0 Å². The maximum atomic E-state index is 6.53. The summed E-state index contributed by atoms with van der Waals surface area (Å²) in [5, 5.41) is 0. The fourth-order valence-electron chi connectivity index (χ4n) is 4.95. The standard InChI is InChI=1S/C39H33O4/c1-3-40-34-19-15-29(16-20-34)33-26-36(42-39(27-33)32-17-21-35(22-18-32)41-4-2)23-28-24-37(30-11-7-5-8-12-30)43-38(25-28)31-13-9-6-10-14-31/h5-27H,3-4H2,1-2H3/q+1. The smallest absolute Gasteiger partial charge is 0.361 e. The predicted octanol–water partition coefficient (Wildman–Crippen LogP) is 10.2. The molecule has 212 valence electrons. The Morgan fingerprint density at radius 1 is 0.558 bits per heavy atom. The van der Waals surface area contributed by atoms with Crippen LogP contribution in [0.3, 0.4) is 0 Å². The van der Waals surface area contributed by atoms with E-state index >= 15 is 0 Å². The van der Waals surface area contributed by atoms with Gasteiger partial charge in [-0.15, -0.1) is 0 Å². The van der Waals surface area contributed by atoms with Crippen molar-refractivity contribution in [3.63, 3.8) is 0 Å². The Balaban J connectivity index is 1.46. The molecule has 1 aromatic heterocycles. The van der Waals surface area contributed by atoms with Gasteiger partial charge >= 0.3 is 11.5 Å². The lowest BCUT2D eigenvalue weighted by molar-refractivity contribution is 0.340. The van der Waals surface area contributed by atoms with Gasteiger partial charge in [0.05, 0.1) is 37.0 Å². The minimum Gasteiger partial charge on any atom is -0.494 e. The molecule has 6 rings (SSSR count). The van der Waals surface area contributed by atoms with E-state index in [9.17, 15) is 0 Å². The second kappa shape index (κ2) is 13.1. The highest BCUT2D eigenvalue weighted by Gasteiger charge is 2.21. The van der Waals surface area contributed by atoms with Gasteiger partial charge < -0.3 is 14.2 Å². The van der Waals surface area contributed by atoms with Gasteiger partial charge in [-0.3, -0.25) is 0 Å². The number of benzene rings is 4. The highest BCUT2D eigenvalue weighted by molar-refractivity contribution is 5.81. The quantitative estimate of drug-likeness (QED) is 0.167. The van der Waals surface area contributed by atoms with Gasteiger partial charge in [-0.2, -0.15) is 0 Å². The second-order valence-electron chi connectivity index (χ2n) is 10.0. The average Bonchev–Trinajstić information content (AvgIpc) is 3.06. The molecule has 43 heavy (non-hydrogen) atoms. The number of hydrogen-bond donors (Lipinski definition) is 0. The SMILES string of the molecule is CCOc1ccc(-c2cc(C=C3C=C(c4ccccc4)OC(c4ccccc4)=C3)[o+]c(-c3ccc(OCC)cc3)c2)cc1. The van der Waals surface area contributed by atoms with E-state index in [1.807, 2.05) is 86.6 Å². The highest BCUT2D eigenvalue weighted by Crippen LogP contribution is 2.35. The van der Waals surface area contributed by atoms with Crippen LogP contribution in [-0.4, -0.2) is 13.2 Å². The molecule has 1 aliphatic heterocycles. The zero-order chi connectivity index (χ0) is 29.4. The molecule has 0 aliphatic carbocycles. The summed E-state index contributed by atoms with van der Waals surface area (Å²) in [6, 6.07) is 40.6. The van der Waals surface area contributed by atoms with Gasteiger partial charge in [0, 0.05) is 16.7 Å². The van der Waals surface area contributed by atoms with Crippen molar-refractivity contribution in [1.82, 2.24) is 0 Å². The van der Waals surface area contributed by atoms with E-state index in [1.165, 1.54) is 0 Å². The van der Waals surface area contributed by atoms with E-state index in [2.05, 4.69) is 66.8 Å². The van der Waals surface area contributed by atoms with Crippen LogP contribution in [0.15, 0.2) is 143 Å². The van der Waals surface area contributed by atoms with Crippen LogP contribution in [0.4, 0.5) is 0 Å². The summed E-state index contributed by atoms with van der Waals surface area (Å²) in [7, 11) is 0. The van der Waals surface area contributed by atoms with Crippen LogP contribution in [0.25, 0.3) is 40.0 Å². The van der Waals surface area contributed by atoms with E-state index in [0.29, 0.717) is 13.2 Å². The van der Waals surface area contributed by atoms with Crippen molar-refractivity contribution in [2.75, 3.05) is 13.2 Å². The van der Waals surface area contributed by atoms with Crippen LogP contribution < -0.4 is 9.47 Å². The molecule has 0 N–H and O–H groups in total. The van der Waals surface area contributed by atoms with Crippen LogP contribution in [0.1, 0.15) is 30.7 Å². The molecule has 0 saturated carbocycles. The third-order valence-corrected chi connectivity index (χ3v) is 7.00. The van der Waals surface area contributed by atoms with Gasteiger partial charge in [0.1, 0.15) is 23.0 Å². The van der Waals surface area contributed by atoms with Gasteiger partial charge in [0.25, 0.3) is 0 Å². The number of hydrogen-bond acceptors (Lipinski definition) is 3. The normalized spacial score (nSPS) is 12.6. The first-order valence-electron chi connectivity index (χ1n) is 14.6. The third kappa shape index (κ3) is 6.77. The summed E-state index contributed by atoms with van der Waals surface area (Å²) >= 11 is 0. The van der Waals surface area contributed by atoms with E-state index in [-0.39, 0.29) is 0 Å². The molecule has 0 radical (unpaired) electrons. The van der Waals surface area contributed by atoms with E-state index in [1.54, 1.807) is 0 Å². The summed E-state index contributed by atoms with van der Waals surface area (Å²) in [6.07, 6.45) is 6.17. The molecule has 4 heteroatoms. The van der Waals surface area contributed by atoms with Crippen molar-refractivity contribution in [3.8, 4) is 33.9 Å². The summed E-state index contributed by atoms with van der Waals surface area (Å²) < 4.78 is 24.3. The molecule has 0 amide bonds. The largest absolute Gasteiger partial charge is 0.494 e. The fourth-order valence-corrected chi connectivity index (χ4v) is 4.95. The van der Waals surface area contributed by atoms with Crippen molar-refractivity contribution in [2.24, 2.45) is 0 Å². The zero-order valence-corrected chi connectivity index (χ0v) is 24.3. The first-order valence-corrected chi connectivity index (χ1v) is 14.6. The molecule has 1 aliphatic rings. The predicted molar refractivity (Wildman–Crippen MR) is 174 cm³/mol. The van der Waals surface area contributed by atoms with Gasteiger partial charge in [-0.05, 0) is 73.5 Å². The van der Waals surface area contributed by atoms with Crippen LogP contribution >= 0.6 is 0 Å². The summed E-state index contributed by atoms with van der Waals surface area (Å²) in [5.74, 6) is 4.72. The Labute approximate surface area is 252 Å². The van der Waals surface area contributed by atoms with Crippen LogP contribution in [-0.2, 0) is 4.74 Å². The maximum Gasteiger partial charge on any atom is 0.361 e. The lowest BCUT2D eigenvalue weighted by Crippen LogP contribution is -1.99. The minimum absolute atomic E-state index is 0.620. The molecular weight excluding hydrogens is 532 g/mol. The fraction of sp³-hybridized carbons (Fsp3) is 0.103. The lowest BCUT2D eigenvalue weighted by atomic mass is 10.0. The van der Waals surface area contributed by atoms with Crippen molar-refractivity contribution < 1.29 is 18.6 Å². The third-order valence-electron chi connectivity index (χ3n) is 7.00. The molecule has 0 saturated heterocycles. The molecule has 0 bridgehead atoms. The van der Waals surface area contributed by atoms with Gasteiger partial charge in [0.15, 0.2) is 0 Å². The van der Waals surface area contributed by atoms with Gasteiger partial charge in [-0.25, -0.2) is 4.42 Å². The Hall–Kier alpha value is -5.35. The van der Waals surface area contributed by atoms with Crippen LogP contribution in [0.5, 0.6) is 11.5 Å².